The van der Waals surface area contributed by atoms with Crippen molar-refractivity contribution in [1.29, 1.82) is 0 Å². The van der Waals surface area contributed by atoms with Gasteiger partial charge in [-0.25, -0.2) is 13.2 Å². The van der Waals surface area contributed by atoms with Gasteiger partial charge in [0.25, 0.3) is 15.6 Å². The second-order valence-electron chi connectivity index (χ2n) is 4.48. The summed E-state index contributed by atoms with van der Waals surface area (Å²) in [5.41, 5.74) is -1.54. The van der Waals surface area contributed by atoms with E-state index >= 15 is 0 Å². The van der Waals surface area contributed by atoms with Crippen LogP contribution in [0.15, 0.2) is 38.9 Å². The van der Waals surface area contributed by atoms with Gasteiger partial charge < -0.3 is 4.57 Å². The molecule has 0 radical (unpaired) electrons. The molecule has 10 heteroatoms. The summed E-state index contributed by atoms with van der Waals surface area (Å²) in [5, 5.41) is 0.394. The van der Waals surface area contributed by atoms with Crippen LogP contribution in [0.1, 0.15) is 0 Å². The zero-order valence-corrected chi connectivity index (χ0v) is 13.8. The molecule has 0 aliphatic carbocycles. The molecule has 1 N–H and O–H groups in total. The Bertz CT molecular complexity index is 963. The minimum atomic E-state index is -4.23. The van der Waals surface area contributed by atoms with E-state index in [1.54, 1.807) is 0 Å². The van der Waals surface area contributed by atoms with E-state index in [2.05, 4.69) is 4.72 Å². The highest BCUT2D eigenvalue weighted by Crippen LogP contribution is 2.27. The highest BCUT2D eigenvalue weighted by Gasteiger charge is 2.22. The zero-order valence-electron chi connectivity index (χ0n) is 11.5. The molecule has 7 nitrogen and oxygen atoms in total. The van der Waals surface area contributed by atoms with Crippen LogP contribution < -0.4 is 16.0 Å². The normalized spacial score (nSPS) is 11.5. The predicted molar refractivity (Wildman–Crippen MR) is 84.2 cm³/mol. The molecule has 2 aromatic rings. The van der Waals surface area contributed by atoms with Gasteiger partial charge in [-0.1, -0.05) is 23.2 Å². The molecule has 0 aliphatic rings. The van der Waals surface area contributed by atoms with Gasteiger partial charge in [-0.3, -0.25) is 14.1 Å². The van der Waals surface area contributed by atoms with Crippen LogP contribution in [0.5, 0.6) is 0 Å². The first kappa shape index (κ1) is 16.6. The van der Waals surface area contributed by atoms with Crippen LogP contribution in [-0.2, 0) is 24.1 Å². The van der Waals surface area contributed by atoms with E-state index < -0.39 is 26.2 Å². The smallest absolute Gasteiger partial charge is 0.302 e. The van der Waals surface area contributed by atoms with Gasteiger partial charge in [0, 0.05) is 25.3 Å². The van der Waals surface area contributed by atoms with Crippen molar-refractivity contribution in [2.75, 3.05) is 4.72 Å². The van der Waals surface area contributed by atoms with Crippen molar-refractivity contribution < 1.29 is 8.42 Å². The lowest BCUT2D eigenvalue weighted by Crippen LogP contribution is -2.40. The summed E-state index contributed by atoms with van der Waals surface area (Å²) in [6, 6.07) is 4.22. The van der Waals surface area contributed by atoms with Gasteiger partial charge in [0.05, 0.1) is 10.7 Å². The Labute approximate surface area is 135 Å². The molecule has 118 valence electrons. The highest BCUT2D eigenvalue weighted by molar-refractivity contribution is 7.92. The number of anilines is 1. The minimum Gasteiger partial charge on any atom is -0.302 e. The Balaban J connectivity index is 2.60. The maximum atomic E-state index is 12.4. The van der Waals surface area contributed by atoms with E-state index in [4.69, 9.17) is 23.2 Å². The quantitative estimate of drug-likeness (QED) is 0.886. The lowest BCUT2D eigenvalue weighted by molar-refractivity contribution is 0.589. The summed E-state index contributed by atoms with van der Waals surface area (Å²) in [5.74, 6) is 0. The Kier molecular flexibility index (Phi) is 4.37. The number of aromatic nitrogens is 2. The number of halogens is 2. The summed E-state index contributed by atoms with van der Waals surface area (Å²) in [4.78, 5) is 23.0. The SMILES string of the molecule is Cn1cc(S(=O)(=O)Nc2cc(Cl)ccc2Cl)c(=O)n(C)c1=O. The maximum absolute atomic E-state index is 12.4. The fraction of sp³-hybridized carbons (Fsp3) is 0.167. The molecule has 0 aliphatic heterocycles. The fourth-order valence-corrected chi connectivity index (χ4v) is 3.36. The lowest BCUT2D eigenvalue weighted by Gasteiger charge is -2.11. The first-order valence-electron chi connectivity index (χ1n) is 5.88. The number of benzene rings is 1. The van der Waals surface area contributed by atoms with Crippen LogP contribution in [0, 0.1) is 0 Å². The molecular weight excluding hydrogens is 353 g/mol. The molecule has 2 rings (SSSR count). The van der Waals surface area contributed by atoms with Gasteiger partial charge in [-0.15, -0.1) is 0 Å². The molecule has 0 bridgehead atoms. The van der Waals surface area contributed by atoms with Gasteiger partial charge in [0.15, 0.2) is 4.90 Å². The second-order valence-corrected chi connectivity index (χ2v) is 6.98. The average Bonchev–Trinajstić information content (AvgIpc) is 2.44. The van der Waals surface area contributed by atoms with E-state index in [1.807, 2.05) is 0 Å². The molecule has 0 unspecified atom stereocenters. The van der Waals surface area contributed by atoms with Gasteiger partial charge in [-0.2, -0.15) is 0 Å². The first-order chi connectivity index (χ1) is 10.1. The topological polar surface area (TPSA) is 90.2 Å². The molecule has 1 heterocycles. The van der Waals surface area contributed by atoms with Crippen molar-refractivity contribution in [3.63, 3.8) is 0 Å². The van der Waals surface area contributed by atoms with Crippen LogP contribution in [0.2, 0.25) is 10.0 Å². The first-order valence-corrected chi connectivity index (χ1v) is 8.12. The molecule has 0 saturated heterocycles. The van der Waals surface area contributed by atoms with Crippen molar-refractivity contribution >= 4 is 38.9 Å². The number of hydrogen-bond acceptors (Lipinski definition) is 4. The second kappa shape index (κ2) is 5.79. The van der Waals surface area contributed by atoms with Gasteiger partial charge in [0.2, 0.25) is 0 Å². The van der Waals surface area contributed by atoms with E-state index in [1.165, 1.54) is 32.3 Å². The number of aryl methyl sites for hydroxylation is 1. The van der Waals surface area contributed by atoms with Crippen molar-refractivity contribution in [3.8, 4) is 0 Å². The molecular formula is C12H11Cl2N3O4S. The van der Waals surface area contributed by atoms with E-state index in [0.717, 1.165) is 10.8 Å². The molecule has 0 amide bonds. The van der Waals surface area contributed by atoms with Gasteiger partial charge in [-0.05, 0) is 18.2 Å². The third kappa shape index (κ3) is 3.03. The Hall–Kier alpha value is -1.77. The summed E-state index contributed by atoms with van der Waals surface area (Å²) < 4.78 is 28.6. The summed E-state index contributed by atoms with van der Waals surface area (Å²) >= 11 is 11.7. The number of sulfonamides is 1. The van der Waals surface area contributed by atoms with Crippen molar-refractivity contribution in [3.05, 3.63) is 55.3 Å². The third-order valence-corrected chi connectivity index (χ3v) is 4.79. The Morgan fingerprint density at radius 2 is 1.77 bits per heavy atom. The van der Waals surface area contributed by atoms with Crippen molar-refractivity contribution in [2.24, 2.45) is 14.1 Å². The van der Waals surface area contributed by atoms with E-state index in [9.17, 15) is 18.0 Å². The summed E-state index contributed by atoms with van der Waals surface area (Å²) in [6.07, 6.45) is 0.950. The van der Waals surface area contributed by atoms with Gasteiger partial charge in [0.1, 0.15) is 0 Å². The molecule has 0 atom stereocenters. The van der Waals surface area contributed by atoms with Crippen LogP contribution in [0.3, 0.4) is 0 Å². The Morgan fingerprint density at radius 1 is 1.14 bits per heavy atom. The molecule has 1 aromatic heterocycles. The summed E-state index contributed by atoms with van der Waals surface area (Å²) in [7, 11) is -1.70. The fourth-order valence-electron chi connectivity index (χ4n) is 1.73. The van der Waals surface area contributed by atoms with Crippen LogP contribution >= 0.6 is 23.2 Å². The van der Waals surface area contributed by atoms with E-state index in [0.29, 0.717) is 4.57 Å². The molecule has 1 aromatic carbocycles. The molecule has 0 saturated carbocycles. The molecule has 22 heavy (non-hydrogen) atoms. The molecule has 0 spiro atoms. The summed E-state index contributed by atoms with van der Waals surface area (Å²) in [6.45, 7) is 0. The maximum Gasteiger partial charge on any atom is 0.330 e. The molecule has 0 fully saturated rings. The van der Waals surface area contributed by atoms with Crippen LogP contribution in [0.4, 0.5) is 5.69 Å². The van der Waals surface area contributed by atoms with Crippen molar-refractivity contribution in [1.82, 2.24) is 9.13 Å². The minimum absolute atomic E-state index is 0.0325. The number of nitrogens with one attached hydrogen (secondary N) is 1. The number of hydrogen-bond donors (Lipinski definition) is 1. The number of nitrogens with zero attached hydrogens (tertiary/aromatic N) is 2. The largest absolute Gasteiger partial charge is 0.330 e. The Morgan fingerprint density at radius 3 is 2.41 bits per heavy atom. The number of rotatable bonds is 3. The van der Waals surface area contributed by atoms with Crippen LogP contribution in [-0.4, -0.2) is 17.6 Å². The van der Waals surface area contributed by atoms with E-state index in [-0.39, 0.29) is 15.7 Å². The standard InChI is InChI=1S/C12H11Cl2N3O4S/c1-16-6-10(11(18)17(2)12(16)19)22(20,21)15-9-5-7(13)3-4-8(9)14/h3-6,15H,1-2H3. The van der Waals surface area contributed by atoms with Crippen molar-refractivity contribution in [2.45, 2.75) is 4.90 Å². The highest BCUT2D eigenvalue weighted by atomic mass is 35.5. The van der Waals surface area contributed by atoms with Crippen LogP contribution in [0.25, 0.3) is 0 Å². The third-order valence-electron chi connectivity index (χ3n) is 2.88. The zero-order chi connectivity index (χ0) is 16.7. The van der Waals surface area contributed by atoms with Gasteiger partial charge >= 0.3 is 5.69 Å². The average molecular weight is 364 g/mol. The lowest BCUT2D eigenvalue weighted by atomic mass is 10.3. The predicted octanol–water partition coefficient (Wildman–Crippen LogP) is 1.19. The monoisotopic (exact) mass is 363 g/mol.